The van der Waals surface area contributed by atoms with E-state index in [9.17, 15) is 26.3 Å². The Balaban J connectivity index is 3.13. The zero-order valence-corrected chi connectivity index (χ0v) is 10.3. The molecule has 3 nitrogen and oxygen atoms in total. The number of hydrogen-bond donors (Lipinski definition) is 1. The van der Waals surface area contributed by atoms with Crippen molar-refractivity contribution in [3.63, 3.8) is 0 Å². The summed E-state index contributed by atoms with van der Waals surface area (Å²) in [6, 6.07) is -1.28. The van der Waals surface area contributed by atoms with E-state index in [1.807, 2.05) is 0 Å². The second-order valence-corrected chi connectivity index (χ2v) is 3.97. The fourth-order valence-corrected chi connectivity index (χ4v) is 1.65. The second-order valence-electron chi connectivity index (χ2n) is 3.97. The number of rotatable bonds is 4. The Bertz CT molecular complexity index is 431. The van der Waals surface area contributed by atoms with Crippen molar-refractivity contribution in [1.29, 1.82) is 0 Å². The van der Waals surface area contributed by atoms with Crippen LogP contribution in [0, 0.1) is 5.92 Å². The zero-order chi connectivity index (χ0) is 15.6. The summed E-state index contributed by atoms with van der Waals surface area (Å²) in [6.45, 7) is 1.81. The lowest BCUT2D eigenvalue weighted by Crippen LogP contribution is -2.44. The fraction of sp³-hybridized carbons (Fsp3) is 0.545. The van der Waals surface area contributed by atoms with Crippen molar-refractivity contribution in [2.45, 2.75) is 25.3 Å². The average molecular weight is 302 g/mol. The molecule has 0 saturated heterocycles. The van der Waals surface area contributed by atoms with Gasteiger partial charge in [0.15, 0.2) is 5.92 Å². The molecule has 1 aromatic heterocycles. The van der Waals surface area contributed by atoms with Crippen LogP contribution in [0.2, 0.25) is 0 Å². The van der Waals surface area contributed by atoms with Crippen molar-refractivity contribution in [3.05, 3.63) is 24.0 Å². The Hall–Kier alpha value is -1.51. The van der Waals surface area contributed by atoms with Gasteiger partial charge in [0.1, 0.15) is 5.75 Å². The standard InChI is InChI=1S/C11H12F6N2O/c1-2-20-7-3-6(4-19-5-7)8(18)9(10(12,13)14)11(15,16)17/h3-5,8-9H,2,18H2,1H3. The largest absolute Gasteiger partial charge is 0.492 e. The zero-order valence-electron chi connectivity index (χ0n) is 10.3. The van der Waals surface area contributed by atoms with Crippen LogP contribution in [-0.2, 0) is 0 Å². The molecule has 0 amide bonds. The van der Waals surface area contributed by atoms with Gasteiger partial charge >= 0.3 is 12.4 Å². The smallest absolute Gasteiger partial charge is 0.402 e. The Kier molecular flexibility index (Phi) is 4.85. The molecular formula is C11H12F6N2O. The van der Waals surface area contributed by atoms with Crippen LogP contribution in [0.3, 0.4) is 0 Å². The molecule has 2 N–H and O–H groups in total. The highest BCUT2D eigenvalue weighted by Gasteiger charge is 2.59. The highest BCUT2D eigenvalue weighted by Crippen LogP contribution is 2.45. The fourth-order valence-electron chi connectivity index (χ4n) is 1.65. The number of aromatic nitrogens is 1. The number of nitrogens with zero attached hydrogens (tertiary/aromatic N) is 1. The molecule has 9 heteroatoms. The number of ether oxygens (including phenoxy) is 1. The van der Waals surface area contributed by atoms with Gasteiger partial charge in [-0.05, 0) is 18.6 Å². The van der Waals surface area contributed by atoms with Gasteiger partial charge in [-0.2, -0.15) is 26.3 Å². The molecule has 0 aliphatic heterocycles. The van der Waals surface area contributed by atoms with E-state index < -0.39 is 29.9 Å². The van der Waals surface area contributed by atoms with Crippen molar-refractivity contribution in [3.8, 4) is 5.75 Å². The van der Waals surface area contributed by atoms with E-state index >= 15 is 0 Å². The summed E-state index contributed by atoms with van der Waals surface area (Å²) in [4.78, 5) is 3.53. The third-order valence-corrected chi connectivity index (χ3v) is 2.49. The van der Waals surface area contributed by atoms with Crippen molar-refractivity contribution in [2.24, 2.45) is 11.7 Å². The van der Waals surface area contributed by atoms with Gasteiger partial charge in [-0.25, -0.2) is 0 Å². The van der Waals surface area contributed by atoms with Crippen LogP contribution >= 0.6 is 0 Å². The maximum Gasteiger partial charge on any atom is 0.402 e. The first-order chi connectivity index (χ1) is 9.07. The van der Waals surface area contributed by atoms with Gasteiger partial charge < -0.3 is 10.5 Å². The van der Waals surface area contributed by atoms with Crippen molar-refractivity contribution < 1.29 is 31.1 Å². The summed E-state index contributed by atoms with van der Waals surface area (Å²) < 4.78 is 80.3. The van der Waals surface area contributed by atoms with Crippen LogP contribution in [0.25, 0.3) is 0 Å². The summed E-state index contributed by atoms with van der Waals surface area (Å²) in [5.74, 6) is -3.60. The lowest BCUT2D eigenvalue weighted by molar-refractivity contribution is -0.290. The number of alkyl halides is 6. The van der Waals surface area contributed by atoms with E-state index in [0.717, 1.165) is 12.3 Å². The van der Waals surface area contributed by atoms with Gasteiger partial charge in [-0.1, -0.05) is 0 Å². The molecule has 1 aromatic rings. The minimum absolute atomic E-state index is 0.0588. The third-order valence-electron chi connectivity index (χ3n) is 2.49. The van der Waals surface area contributed by atoms with Crippen LogP contribution in [0.5, 0.6) is 5.75 Å². The molecule has 1 atom stereocenters. The van der Waals surface area contributed by atoms with Gasteiger partial charge in [0.25, 0.3) is 0 Å². The summed E-state index contributed by atoms with van der Waals surface area (Å²) in [5, 5.41) is 0. The maximum atomic E-state index is 12.5. The van der Waals surface area contributed by atoms with Gasteiger partial charge in [-0.15, -0.1) is 0 Å². The third kappa shape index (κ3) is 3.99. The van der Waals surface area contributed by atoms with Gasteiger partial charge in [0, 0.05) is 6.20 Å². The Morgan fingerprint density at radius 1 is 1.15 bits per heavy atom. The maximum absolute atomic E-state index is 12.5. The van der Waals surface area contributed by atoms with Crippen molar-refractivity contribution in [2.75, 3.05) is 6.61 Å². The number of nitrogens with two attached hydrogens (primary N) is 1. The van der Waals surface area contributed by atoms with Gasteiger partial charge in [0.2, 0.25) is 0 Å². The quantitative estimate of drug-likeness (QED) is 0.869. The van der Waals surface area contributed by atoms with Crippen LogP contribution in [0.4, 0.5) is 26.3 Å². The monoisotopic (exact) mass is 302 g/mol. The Morgan fingerprint density at radius 2 is 1.70 bits per heavy atom. The molecule has 0 aliphatic carbocycles. The first-order valence-corrected chi connectivity index (χ1v) is 5.54. The topological polar surface area (TPSA) is 48.1 Å². The molecule has 0 spiro atoms. The van der Waals surface area contributed by atoms with Gasteiger partial charge in [0.05, 0.1) is 18.8 Å². The molecule has 0 fully saturated rings. The Labute approximate surface area is 110 Å². The van der Waals surface area contributed by atoms with Crippen molar-refractivity contribution in [1.82, 2.24) is 4.98 Å². The van der Waals surface area contributed by atoms with Crippen LogP contribution in [0.15, 0.2) is 18.5 Å². The molecule has 1 rings (SSSR count). The van der Waals surface area contributed by atoms with E-state index in [-0.39, 0.29) is 12.4 Å². The van der Waals surface area contributed by atoms with E-state index in [1.54, 1.807) is 6.92 Å². The highest BCUT2D eigenvalue weighted by molar-refractivity contribution is 5.26. The highest BCUT2D eigenvalue weighted by atomic mass is 19.4. The molecule has 0 aromatic carbocycles. The SMILES string of the molecule is CCOc1cncc(C(N)C(C(F)(F)F)C(F)(F)F)c1. The van der Waals surface area contributed by atoms with E-state index in [2.05, 4.69) is 4.98 Å². The predicted octanol–water partition coefficient (Wildman–Crippen LogP) is 3.22. The molecular weight excluding hydrogens is 290 g/mol. The number of hydrogen-bond acceptors (Lipinski definition) is 3. The molecule has 0 bridgehead atoms. The molecule has 1 unspecified atom stereocenters. The minimum atomic E-state index is -5.50. The average Bonchev–Trinajstić information content (AvgIpc) is 2.25. The number of pyridine rings is 1. The van der Waals surface area contributed by atoms with Crippen LogP contribution < -0.4 is 10.5 Å². The van der Waals surface area contributed by atoms with Crippen LogP contribution in [0.1, 0.15) is 18.5 Å². The minimum Gasteiger partial charge on any atom is -0.492 e. The summed E-state index contributed by atoms with van der Waals surface area (Å²) in [7, 11) is 0. The molecule has 0 saturated carbocycles. The molecule has 0 aliphatic rings. The van der Waals surface area contributed by atoms with E-state index in [0.29, 0.717) is 0 Å². The van der Waals surface area contributed by atoms with Gasteiger partial charge in [-0.3, -0.25) is 4.98 Å². The molecule has 0 radical (unpaired) electrons. The van der Waals surface area contributed by atoms with E-state index in [1.165, 1.54) is 6.20 Å². The molecule has 20 heavy (non-hydrogen) atoms. The lowest BCUT2D eigenvalue weighted by Gasteiger charge is -2.28. The first kappa shape index (κ1) is 16.5. The molecule has 1 heterocycles. The van der Waals surface area contributed by atoms with E-state index in [4.69, 9.17) is 10.5 Å². The normalized spacial score (nSPS) is 14.4. The summed E-state index contributed by atoms with van der Waals surface area (Å²) >= 11 is 0. The first-order valence-electron chi connectivity index (χ1n) is 5.54. The number of halogens is 6. The Morgan fingerprint density at radius 3 is 2.15 bits per heavy atom. The van der Waals surface area contributed by atoms with Crippen LogP contribution in [-0.4, -0.2) is 23.9 Å². The predicted molar refractivity (Wildman–Crippen MR) is 57.9 cm³/mol. The van der Waals surface area contributed by atoms with Crippen molar-refractivity contribution >= 4 is 0 Å². The summed E-state index contributed by atoms with van der Waals surface area (Å²) in [6.07, 6.45) is -8.97. The lowest BCUT2D eigenvalue weighted by atomic mass is 9.93. The summed E-state index contributed by atoms with van der Waals surface area (Å²) in [5.41, 5.74) is 4.75. The second kappa shape index (κ2) is 5.86. The molecule has 114 valence electrons.